The fourth-order valence-corrected chi connectivity index (χ4v) is 3.38. The Bertz CT molecular complexity index is 753. The van der Waals surface area contributed by atoms with E-state index >= 15 is 0 Å². The number of hydrogen-bond donors (Lipinski definition) is 1. The van der Waals surface area contributed by atoms with Crippen LogP contribution in [0.25, 0.3) is 10.2 Å². The van der Waals surface area contributed by atoms with E-state index in [9.17, 15) is 8.78 Å². The molecule has 20 heavy (non-hydrogen) atoms. The van der Waals surface area contributed by atoms with Gasteiger partial charge < -0.3 is 5.73 Å². The van der Waals surface area contributed by atoms with Crippen LogP contribution in [-0.2, 0) is 5.75 Å². The number of hydrogen-bond acceptors (Lipinski definition) is 5. The predicted molar refractivity (Wildman–Crippen MR) is 77.7 cm³/mol. The average Bonchev–Trinajstić information content (AvgIpc) is 2.84. The Balaban J connectivity index is 1.82. The third kappa shape index (κ3) is 2.73. The van der Waals surface area contributed by atoms with Crippen molar-refractivity contribution in [2.24, 2.45) is 0 Å². The number of fused-ring (bicyclic) bond motifs is 1. The fraction of sp³-hybridized carbons (Fsp3) is 0.0769. The summed E-state index contributed by atoms with van der Waals surface area (Å²) in [6.45, 7) is 0. The molecule has 0 aliphatic heterocycles. The van der Waals surface area contributed by atoms with Crippen molar-refractivity contribution in [3.8, 4) is 0 Å². The van der Waals surface area contributed by atoms with E-state index in [0.29, 0.717) is 22.3 Å². The van der Waals surface area contributed by atoms with Crippen molar-refractivity contribution in [3.05, 3.63) is 46.8 Å². The normalized spacial score (nSPS) is 11.1. The molecule has 0 aliphatic carbocycles. The second-order valence-electron chi connectivity index (χ2n) is 4.10. The van der Waals surface area contributed by atoms with Gasteiger partial charge in [0.1, 0.15) is 22.3 Å². The second-order valence-corrected chi connectivity index (χ2v) is 5.93. The molecule has 0 radical (unpaired) electrons. The van der Waals surface area contributed by atoms with Crippen molar-refractivity contribution in [3.63, 3.8) is 0 Å². The Labute approximate surface area is 121 Å². The first-order valence-corrected chi connectivity index (χ1v) is 7.57. The van der Waals surface area contributed by atoms with Crippen LogP contribution in [0.1, 0.15) is 5.56 Å². The zero-order valence-corrected chi connectivity index (χ0v) is 11.8. The standard InChI is InChI=1S/C13H9F2N3S2/c14-8-3-7(4-9(15)5-8)6-20-13-17-11(16)10-1-2-19-12(10)18-13/h1-5H,6H2,(H2,16,17,18). The number of aromatic nitrogens is 2. The van der Waals surface area contributed by atoms with Crippen molar-refractivity contribution >= 4 is 39.1 Å². The highest BCUT2D eigenvalue weighted by Gasteiger charge is 2.08. The molecule has 3 aromatic rings. The van der Waals surface area contributed by atoms with E-state index in [0.717, 1.165) is 16.3 Å². The van der Waals surface area contributed by atoms with Crippen LogP contribution < -0.4 is 5.73 Å². The summed E-state index contributed by atoms with van der Waals surface area (Å²) in [5.74, 6) is -0.376. The van der Waals surface area contributed by atoms with Crippen molar-refractivity contribution < 1.29 is 8.78 Å². The van der Waals surface area contributed by atoms with Crippen LogP contribution in [0.4, 0.5) is 14.6 Å². The molecule has 2 heterocycles. The van der Waals surface area contributed by atoms with E-state index in [4.69, 9.17) is 5.73 Å². The first-order valence-electron chi connectivity index (χ1n) is 5.70. The molecule has 3 nitrogen and oxygen atoms in total. The van der Waals surface area contributed by atoms with Gasteiger partial charge >= 0.3 is 0 Å². The van der Waals surface area contributed by atoms with Crippen LogP contribution in [0.3, 0.4) is 0 Å². The molecule has 0 saturated carbocycles. The van der Waals surface area contributed by atoms with E-state index in [1.165, 1.54) is 35.2 Å². The minimum Gasteiger partial charge on any atom is -0.383 e. The summed E-state index contributed by atoms with van der Waals surface area (Å²) in [4.78, 5) is 9.35. The Kier molecular flexibility index (Phi) is 3.54. The second kappa shape index (κ2) is 5.34. The highest BCUT2D eigenvalue weighted by molar-refractivity contribution is 7.98. The average molecular weight is 309 g/mol. The van der Waals surface area contributed by atoms with E-state index in [2.05, 4.69) is 9.97 Å². The van der Waals surface area contributed by atoms with Gasteiger partial charge in [-0.2, -0.15) is 0 Å². The molecular weight excluding hydrogens is 300 g/mol. The first kappa shape index (κ1) is 13.3. The van der Waals surface area contributed by atoms with E-state index < -0.39 is 11.6 Å². The number of thiophene rings is 1. The molecule has 0 aliphatic rings. The lowest BCUT2D eigenvalue weighted by Gasteiger charge is -2.03. The lowest BCUT2D eigenvalue weighted by molar-refractivity contribution is 0.581. The lowest BCUT2D eigenvalue weighted by Crippen LogP contribution is -1.95. The van der Waals surface area contributed by atoms with Crippen molar-refractivity contribution in [1.29, 1.82) is 0 Å². The van der Waals surface area contributed by atoms with Crippen molar-refractivity contribution in [2.75, 3.05) is 5.73 Å². The summed E-state index contributed by atoms with van der Waals surface area (Å²) < 4.78 is 26.2. The van der Waals surface area contributed by atoms with E-state index in [1.54, 1.807) is 0 Å². The Morgan fingerprint density at radius 2 is 1.90 bits per heavy atom. The monoisotopic (exact) mass is 309 g/mol. The van der Waals surface area contributed by atoms with Crippen LogP contribution in [0, 0.1) is 11.6 Å². The minimum atomic E-state index is -0.588. The number of nitrogens with zero attached hydrogens (tertiary/aromatic N) is 2. The van der Waals surface area contributed by atoms with Gasteiger partial charge in [-0.3, -0.25) is 0 Å². The fourth-order valence-electron chi connectivity index (χ4n) is 1.76. The van der Waals surface area contributed by atoms with E-state index in [-0.39, 0.29) is 0 Å². The number of thioether (sulfide) groups is 1. The number of anilines is 1. The Hall–Kier alpha value is -1.73. The predicted octanol–water partition coefficient (Wildman–Crippen LogP) is 3.84. The van der Waals surface area contributed by atoms with Crippen molar-refractivity contribution in [2.45, 2.75) is 10.9 Å². The van der Waals surface area contributed by atoms with Gasteiger partial charge in [-0.1, -0.05) is 11.8 Å². The zero-order chi connectivity index (χ0) is 14.1. The molecule has 1 aromatic carbocycles. The molecule has 0 bridgehead atoms. The molecule has 0 saturated heterocycles. The van der Waals surface area contributed by atoms with Crippen LogP contribution in [-0.4, -0.2) is 9.97 Å². The SMILES string of the molecule is Nc1nc(SCc2cc(F)cc(F)c2)nc2sccc12. The van der Waals surface area contributed by atoms with Gasteiger partial charge in [0.25, 0.3) is 0 Å². The smallest absolute Gasteiger partial charge is 0.191 e. The van der Waals surface area contributed by atoms with Gasteiger partial charge in [0.2, 0.25) is 0 Å². The summed E-state index contributed by atoms with van der Waals surface area (Å²) in [5.41, 5.74) is 6.38. The number of benzene rings is 1. The van der Waals surface area contributed by atoms with Gasteiger partial charge in [0.15, 0.2) is 5.16 Å². The summed E-state index contributed by atoms with van der Waals surface area (Å²) >= 11 is 2.77. The molecule has 0 fully saturated rings. The maximum atomic E-state index is 13.1. The van der Waals surface area contributed by atoms with Gasteiger partial charge in [0, 0.05) is 11.8 Å². The summed E-state index contributed by atoms with van der Waals surface area (Å²) in [6.07, 6.45) is 0. The molecule has 0 spiro atoms. The number of nitrogens with two attached hydrogens (primary N) is 1. The Morgan fingerprint density at radius 1 is 1.15 bits per heavy atom. The highest BCUT2D eigenvalue weighted by atomic mass is 32.2. The third-order valence-electron chi connectivity index (χ3n) is 2.62. The molecule has 0 amide bonds. The third-order valence-corrected chi connectivity index (χ3v) is 4.35. The highest BCUT2D eigenvalue weighted by Crippen LogP contribution is 2.28. The van der Waals surface area contributed by atoms with Crippen molar-refractivity contribution in [1.82, 2.24) is 9.97 Å². The first-order chi connectivity index (χ1) is 9.61. The molecule has 2 aromatic heterocycles. The summed E-state index contributed by atoms with van der Waals surface area (Å²) in [5, 5.41) is 3.23. The molecule has 2 N–H and O–H groups in total. The van der Waals surface area contributed by atoms with E-state index in [1.807, 2.05) is 11.4 Å². The maximum Gasteiger partial charge on any atom is 0.191 e. The molecule has 102 valence electrons. The summed E-state index contributed by atoms with van der Waals surface area (Å²) in [6, 6.07) is 5.30. The molecule has 0 atom stereocenters. The zero-order valence-electron chi connectivity index (χ0n) is 10.1. The quantitative estimate of drug-likeness (QED) is 0.590. The van der Waals surface area contributed by atoms with Crippen LogP contribution in [0.2, 0.25) is 0 Å². The molecule has 0 unspecified atom stereocenters. The number of nitrogen functional groups attached to an aromatic ring is 1. The van der Waals surface area contributed by atoms with Crippen LogP contribution >= 0.6 is 23.1 Å². The van der Waals surface area contributed by atoms with Gasteiger partial charge in [-0.25, -0.2) is 18.7 Å². The molecule has 7 heteroatoms. The number of rotatable bonds is 3. The van der Waals surface area contributed by atoms with Gasteiger partial charge in [-0.15, -0.1) is 11.3 Å². The molecule has 3 rings (SSSR count). The van der Waals surface area contributed by atoms with Gasteiger partial charge in [0.05, 0.1) is 5.39 Å². The lowest BCUT2D eigenvalue weighted by atomic mass is 10.2. The van der Waals surface area contributed by atoms with Crippen LogP contribution in [0.5, 0.6) is 0 Å². The summed E-state index contributed by atoms with van der Waals surface area (Å²) in [7, 11) is 0. The largest absolute Gasteiger partial charge is 0.383 e. The number of halogens is 2. The topological polar surface area (TPSA) is 51.8 Å². The van der Waals surface area contributed by atoms with Crippen LogP contribution in [0.15, 0.2) is 34.8 Å². The maximum absolute atomic E-state index is 13.1. The molecular formula is C13H9F2N3S2. The Morgan fingerprint density at radius 3 is 2.65 bits per heavy atom. The van der Waals surface area contributed by atoms with Gasteiger partial charge in [-0.05, 0) is 29.1 Å². The minimum absolute atomic E-state index is 0.380.